The number of nitrogens with zero attached hydrogens (tertiary/aromatic N) is 1. The molecule has 0 spiro atoms. The van der Waals surface area contributed by atoms with E-state index < -0.39 is 6.04 Å². The van der Waals surface area contributed by atoms with Crippen molar-refractivity contribution in [2.24, 2.45) is 0 Å². The summed E-state index contributed by atoms with van der Waals surface area (Å²) in [4.78, 5) is 46.5. The van der Waals surface area contributed by atoms with E-state index in [9.17, 15) is 14.4 Å². The lowest BCUT2D eigenvalue weighted by Crippen LogP contribution is -2.55. The number of para-hydroxylation sites is 1. The molecule has 0 aliphatic heterocycles. The van der Waals surface area contributed by atoms with E-state index in [1.165, 1.54) is 17.7 Å². The number of carbonyl (C=O) groups is 3. The van der Waals surface area contributed by atoms with E-state index in [0.717, 1.165) is 53.3 Å². The van der Waals surface area contributed by atoms with Gasteiger partial charge in [0, 0.05) is 29.6 Å². The van der Waals surface area contributed by atoms with E-state index in [1.807, 2.05) is 91.1 Å². The number of hydrogen-bond acceptors (Lipinski definition) is 3. The second-order valence-corrected chi connectivity index (χ2v) is 10.8. The minimum atomic E-state index is -0.963. The SMILES string of the molecule is O=C(NC1CCCCCC1)C(Cc1c[nH]c2ccccc12)N(C(=O)Cc1ccccc1)C(=O)Cc1ccccc1. The Balaban J connectivity index is 1.50. The summed E-state index contributed by atoms with van der Waals surface area (Å²) in [5.41, 5.74) is 3.47. The predicted molar refractivity (Wildman–Crippen MR) is 158 cm³/mol. The van der Waals surface area contributed by atoms with Crippen molar-refractivity contribution in [3.05, 3.63) is 108 Å². The molecular weight excluding hydrogens is 498 g/mol. The van der Waals surface area contributed by atoms with Crippen LogP contribution in [0.4, 0.5) is 0 Å². The Bertz CT molecular complexity index is 1370. The van der Waals surface area contributed by atoms with Crippen molar-refractivity contribution in [3.8, 4) is 0 Å². The van der Waals surface area contributed by atoms with E-state index in [4.69, 9.17) is 0 Å². The first-order chi connectivity index (χ1) is 19.6. The van der Waals surface area contributed by atoms with Crippen LogP contribution >= 0.6 is 0 Å². The molecule has 1 fully saturated rings. The zero-order valence-electron chi connectivity index (χ0n) is 22.9. The van der Waals surface area contributed by atoms with Crippen molar-refractivity contribution in [3.63, 3.8) is 0 Å². The number of benzene rings is 3. The summed E-state index contributed by atoms with van der Waals surface area (Å²) in [5.74, 6) is -0.999. The van der Waals surface area contributed by atoms with Gasteiger partial charge in [0.2, 0.25) is 17.7 Å². The Morgan fingerprint density at radius 1 is 0.750 bits per heavy atom. The molecule has 1 saturated carbocycles. The summed E-state index contributed by atoms with van der Waals surface area (Å²) in [7, 11) is 0. The fourth-order valence-electron chi connectivity index (χ4n) is 5.73. The Labute approximate surface area is 235 Å². The highest BCUT2D eigenvalue weighted by Gasteiger charge is 2.36. The molecule has 0 bridgehead atoms. The summed E-state index contributed by atoms with van der Waals surface area (Å²) >= 11 is 0. The van der Waals surface area contributed by atoms with Crippen molar-refractivity contribution < 1.29 is 14.4 Å². The third kappa shape index (κ3) is 6.87. The molecule has 0 radical (unpaired) electrons. The number of fused-ring (bicyclic) bond motifs is 1. The molecule has 1 unspecified atom stereocenters. The zero-order valence-corrected chi connectivity index (χ0v) is 22.9. The molecule has 2 N–H and O–H groups in total. The molecule has 3 aromatic carbocycles. The Morgan fingerprint density at radius 2 is 1.30 bits per heavy atom. The van der Waals surface area contributed by atoms with Gasteiger partial charge in [-0.1, -0.05) is 105 Å². The molecule has 1 aliphatic carbocycles. The minimum absolute atomic E-state index is 0.0441. The summed E-state index contributed by atoms with van der Waals surface area (Å²) in [6.45, 7) is 0. The van der Waals surface area contributed by atoms with Gasteiger partial charge in [0.15, 0.2) is 0 Å². The molecule has 1 aromatic heterocycles. The van der Waals surface area contributed by atoms with E-state index >= 15 is 0 Å². The summed E-state index contributed by atoms with van der Waals surface area (Å²) in [6.07, 6.45) is 8.53. The molecule has 1 atom stereocenters. The summed E-state index contributed by atoms with van der Waals surface area (Å²) in [5, 5.41) is 4.23. The third-order valence-electron chi connectivity index (χ3n) is 7.84. The maximum absolute atomic E-state index is 14.1. The smallest absolute Gasteiger partial charge is 0.243 e. The van der Waals surface area contributed by atoms with Gasteiger partial charge in [-0.2, -0.15) is 0 Å². The van der Waals surface area contributed by atoms with Gasteiger partial charge < -0.3 is 10.3 Å². The molecule has 4 aromatic rings. The van der Waals surface area contributed by atoms with Crippen LogP contribution in [0.1, 0.15) is 55.2 Å². The van der Waals surface area contributed by atoms with Crippen LogP contribution in [-0.4, -0.2) is 39.7 Å². The van der Waals surface area contributed by atoms with Crippen LogP contribution in [0.2, 0.25) is 0 Å². The quantitative estimate of drug-likeness (QED) is 0.268. The molecule has 6 nitrogen and oxygen atoms in total. The van der Waals surface area contributed by atoms with Gasteiger partial charge in [-0.15, -0.1) is 0 Å². The van der Waals surface area contributed by atoms with Crippen molar-refractivity contribution in [1.82, 2.24) is 15.2 Å². The van der Waals surface area contributed by atoms with Crippen LogP contribution < -0.4 is 5.32 Å². The van der Waals surface area contributed by atoms with E-state index in [1.54, 1.807) is 0 Å². The second kappa shape index (κ2) is 13.2. The lowest BCUT2D eigenvalue weighted by Gasteiger charge is -2.31. The number of aromatic amines is 1. The van der Waals surface area contributed by atoms with Crippen LogP contribution in [0.25, 0.3) is 10.9 Å². The first-order valence-corrected chi connectivity index (χ1v) is 14.4. The topological polar surface area (TPSA) is 82.3 Å². The first-order valence-electron chi connectivity index (χ1n) is 14.4. The molecule has 40 heavy (non-hydrogen) atoms. The van der Waals surface area contributed by atoms with E-state index in [2.05, 4.69) is 10.3 Å². The summed E-state index contributed by atoms with van der Waals surface area (Å²) < 4.78 is 0. The van der Waals surface area contributed by atoms with Crippen LogP contribution in [-0.2, 0) is 33.6 Å². The predicted octanol–water partition coefficient (Wildman–Crippen LogP) is 5.76. The van der Waals surface area contributed by atoms with Crippen LogP contribution in [0, 0.1) is 0 Å². The van der Waals surface area contributed by atoms with Crippen LogP contribution in [0.3, 0.4) is 0 Å². The van der Waals surface area contributed by atoms with Crippen molar-refractivity contribution in [2.45, 2.75) is 69.9 Å². The maximum atomic E-state index is 14.1. The van der Waals surface area contributed by atoms with Gasteiger partial charge >= 0.3 is 0 Å². The van der Waals surface area contributed by atoms with Gasteiger partial charge in [0.1, 0.15) is 6.04 Å². The van der Waals surface area contributed by atoms with Crippen LogP contribution in [0.15, 0.2) is 91.1 Å². The highest BCUT2D eigenvalue weighted by atomic mass is 16.2. The number of hydrogen-bond donors (Lipinski definition) is 2. The molecule has 3 amide bonds. The zero-order chi connectivity index (χ0) is 27.7. The largest absolute Gasteiger partial charge is 0.361 e. The Morgan fingerprint density at radius 3 is 1.90 bits per heavy atom. The van der Waals surface area contributed by atoms with Gasteiger partial charge in [-0.3, -0.25) is 19.3 Å². The first kappa shape index (κ1) is 27.4. The fraction of sp³-hybridized carbons (Fsp3) is 0.324. The number of carbonyl (C=O) groups excluding carboxylic acids is 3. The van der Waals surface area contributed by atoms with Crippen LogP contribution in [0.5, 0.6) is 0 Å². The van der Waals surface area contributed by atoms with Gasteiger partial charge in [0.25, 0.3) is 0 Å². The van der Waals surface area contributed by atoms with E-state index in [-0.39, 0.29) is 43.0 Å². The number of H-pyrrole nitrogens is 1. The lowest BCUT2D eigenvalue weighted by atomic mass is 9.99. The maximum Gasteiger partial charge on any atom is 0.243 e. The normalized spacial score (nSPS) is 14.8. The average Bonchev–Trinajstić information content (AvgIpc) is 3.19. The molecule has 5 rings (SSSR count). The molecule has 1 aliphatic rings. The number of amides is 3. The number of rotatable bonds is 9. The molecule has 0 saturated heterocycles. The molecule has 206 valence electrons. The molecule has 1 heterocycles. The molecular formula is C34H37N3O3. The summed E-state index contributed by atoms with van der Waals surface area (Å²) in [6, 6.07) is 25.8. The minimum Gasteiger partial charge on any atom is -0.361 e. The van der Waals surface area contributed by atoms with Crippen molar-refractivity contribution >= 4 is 28.6 Å². The molecule has 6 heteroatoms. The monoisotopic (exact) mass is 535 g/mol. The lowest BCUT2D eigenvalue weighted by molar-refractivity contribution is -0.151. The fourth-order valence-corrected chi connectivity index (χ4v) is 5.73. The average molecular weight is 536 g/mol. The third-order valence-corrected chi connectivity index (χ3v) is 7.84. The highest BCUT2D eigenvalue weighted by Crippen LogP contribution is 2.23. The standard InChI is InChI=1S/C34H37N3O3/c38-32(21-25-13-5-3-6-14-25)37(33(39)22-26-15-7-4-8-16-26)31(34(40)36-28-17-9-1-2-10-18-28)23-27-24-35-30-20-12-11-19-29(27)30/h3-8,11-16,19-20,24,28,31,35H,1-2,9-10,17-18,21-23H2,(H,36,40). The van der Waals surface area contributed by atoms with Gasteiger partial charge in [0.05, 0.1) is 12.8 Å². The van der Waals surface area contributed by atoms with Gasteiger partial charge in [-0.25, -0.2) is 0 Å². The van der Waals surface area contributed by atoms with Crippen molar-refractivity contribution in [1.29, 1.82) is 0 Å². The number of nitrogens with one attached hydrogen (secondary N) is 2. The van der Waals surface area contributed by atoms with Gasteiger partial charge in [-0.05, 0) is 35.6 Å². The van der Waals surface area contributed by atoms with E-state index in [0.29, 0.717) is 0 Å². The highest BCUT2D eigenvalue weighted by molar-refractivity contribution is 6.02. The second-order valence-electron chi connectivity index (χ2n) is 10.8. The van der Waals surface area contributed by atoms with Crippen molar-refractivity contribution in [2.75, 3.05) is 0 Å². The Kier molecular flexibility index (Phi) is 9.07. The number of aromatic nitrogens is 1. The number of imide groups is 1. The Hall–Kier alpha value is -4.19.